The molecule has 1 aliphatic carbocycles. The van der Waals surface area contributed by atoms with Crippen molar-refractivity contribution >= 4 is 5.84 Å². The number of aliphatic imine (C=N–C) groups is 1. The molecule has 3 rings (SSSR count). The topological polar surface area (TPSA) is 62.9 Å². The highest BCUT2D eigenvalue weighted by Crippen LogP contribution is 2.45. The van der Waals surface area contributed by atoms with E-state index in [0.717, 1.165) is 5.56 Å². The second-order valence-electron chi connectivity index (χ2n) is 5.89. The number of alkyl halides is 1. The zero-order valence-electron chi connectivity index (χ0n) is 12.9. The number of hydrogen-bond acceptors (Lipinski definition) is 5. The first-order valence-corrected chi connectivity index (χ1v) is 7.53. The summed E-state index contributed by atoms with van der Waals surface area (Å²) in [5.41, 5.74) is 8.48. The van der Waals surface area contributed by atoms with Gasteiger partial charge in [0.25, 0.3) is 0 Å². The van der Waals surface area contributed by atoms with Gasteiger partial charge in [-0.05, 0) is 37.1 Å². The van der Waals surface area contributed by atoms with Crippen LogP contribution in [0.5, 0.6) is 5.75 Å². The molecule has 1 unspecified atom stereocenters. The van der Waals surface area contributed by atoms with Crippen molar-refractivity contribution in [3.63, 3.8) is 0 Å². The van der Waals surface area contributed by atoms with Crippen LogP contribution in [-0.2, 0) is 0 Å². The van der Waals surface area contributed by atoms with E-state index in [0.29, 0.717) is 36.3 Å². The van der Waals surface area contributed by atoms with E-state index in [9.17, 15) is 8.78 Å². The molecule has 0 saturated heterocycles. The second-order valence-corrected chi connectivity index (χ2v) is 5.89. The van der Waals surface area contributed by atoms with Crippen molar-refractivity contribution in [2.75, 3.05) is 20.2 Å². The summed E-state index contributed by atoms with van der Waals surface area (Å²) in [4.78, 5) is 4.44. The molecule has 0 amide bonds. The van der Waals surface area contributed by atoms with E-state index in [1.165, 1.54) is 0 Å². The van der Waals surface area contributed by atoms with Crippen molar-refractivity contribution in [1.82, 2.24) is 10.4 Å². The number of hydrazine groups is 1. The minimum Gasteiger partial charge on any atom is -0.489 e. The quantitative estimate of drug-likeness (QED) is 0.840. The van der Waals surface area contributed by atoms with E-state index in [-0.39, 0.29) is 13.2 Å². The fourth-order valence-electron chi connectivity index (χ4n) is 2.47. The average molecular weight is 322 g/mol. The summed E-state index contributed by atoms with van der Waals surface area (Å²) in [7, 11) is 1.79. The van der Waals surface area contributed by atoms with Gasteiger partial charge in [0.05, 0.1) is 6.33 Å². The van der Waals surface area contributed by atoms with Crippen LogP contribution in [0, 0.1) is 0 Å². The van der Waals surface area contributed by atoms with Crippen molar-refractivity contribution in [2.24, 2.45) is 10.7 Å². The van der Waals surface area contributed by atoms with E-state index in [2.05, 4.69) is 10.4 Å². The third kappa shape index (κ3) is 3.35. The molecule has 7 heteroatoms. The van der Waals surface area contributed by atoms with Gasteiger partial charge in [-0.15, -0.1) is 0 Å². The number of nitrogens with zero attached hydrogens (tertiary/aromatic N) is 2. The zero-order chi connectivity index (χ0) is 16.4. The zero-order valence-corrected chi connectivity index (χ0v) is 12.9. The van der Waals surface area contributed by atoms with Crippen LogP contribution >= 0.6 is 0 Å². The molecule has 1 fully saturated rings. The number of ether oxygens (including phenoxy) is 1. The van der Waals surface area contributed by atoms with Gasteiger partial charge in [-0.3, -0.25) is 0 Å². The summed E-state index contributed by atoms with van der Waals surface area (Å²) in [6, 6.07) is 7.19. The molecule has 0 radical (unpaired) electrons. The highest BCUT2D eigenvalue weighted by atomic mass is 19.1. The van der Waals surface area contributed by atoms with Crippen LogP contribution in [0.4, 0.5) is 8.78 Å². The molecule has 3 N–H and O–H groups in total. The maximum Gasteiger partial charge on any atom is 0.155 e. The number of halogens is 2. The minimum atomic E-state index is -1.20. The summed E-state index contributed by atoms with van der Waals surface area (Å²) < 4.78 is 32.1. The highest BCUT2D eigenvalue weighted by Gasteiger charge is 2.54. The summed E-state index contributed by atoms with van der Waals surface area (Å²) in [5.74, 6) is 1.24. The minimum absolute atomic E-state index is 0.112. The number of benzene rings is 1. The Kier molecular flexibility index (Phi) is 4.32. The highest BCUT2D eigenvalue weighted by molar-refractivity contribution is 5.99. The molecule has 23 heavy (non-hydrogen) atoms. The number of nitrogens with two attached hydrogens (primary N) is 1. The number of nitrogens with one attached hydrogen (secondary N) is 1. The molecule has 0 spiro atoms. The van der Waals surface area contributed by atoms with Crippen molar-refractivity contribution in [1.29, 1.82) is 0 Å². The van der Waals surface area contributed by atoms with Gasteiger partial charge < -0.3 is 15.9 Å². The van der Waals surface area contributed by atoms with E-state index >= 15 is 0 Å². The van der Waals surface area contributed by atoms with Crippen molar-refractivity contribution in [2.45, 2.75) is 24.7 Å². The predicted octanol–water partition coefficient (Wildman–Crippen LogP) is 1.90. The second kappa shape index (κ2) is 6.25. The van der Waals surface area contributed by atoms with Gasteiger partial charge in [-0.2, -0.15) is 5.01 Å². The first kappa shape index (κ1) is 15.9. The summed E-state index contributed by atoms with van der Waals surface area (Å²) in [6.07, 6.45) is 1.10. The third-order valence-corrected chi connectivity index (χ3v) is 4.06. The van der Waals surface area contributed by atoms with Crippen LogP contribution < -0.4 is 15.9 Å². The van der Waals surface area contributed by atoms with Crippen molar-refractivity contribution in [3.05, 3.63) is 41.7 Å². The molecule has 1 saturated carbocycles. The van der Waals surface area contributed by atoms with Crippen molar-refractivity contribution in [3.8, 4) is 5.75 Å². The molecule has 1 atom stereocenters. The van der Waals surface area contributed by atoms with Gasteiger partial charge in [-0.25, -0.2) is 13.8 Å². The Labute approximate surface area is 133 Å². The summed E-state index contributed by atoms with van der Waals surface area (Å²) in [5, 5.41) is 1.70. The maximum atomic E-state index is 14.2. The average Bonchev–Trinajstić information content (AvgIpc) is 3.18. The van der Waals surface area contributed by atoms with E-state index in [4.69, 9.17) is 10.5 Å². The Morgan fingerprint density at radius 3 is 2.74 bits per heavy atom. The number of amidine groups is 1. The number of hydrogen-bond donors (Lipinski definition) is 2. The normalized spacial score (nSPS) is 23.4. The lowest BCUT2D eigenvalue weighted by Gasteiger charge is -2.20. The van der Waals surface area contributed by atoms with Gasteiger partial charge in [0.1, 0.15) is 23.9 Å². The Hall–Kier alpha value is -1.99. The monoisotopic (exact) mass is 322 g/mol. The maximum absolute atomic E-state index is 14.2. The van der Waals surface area contributed by atoms with Crippen LogP contribution in [0.25, 0.3) is 0 Å². The van der Waals surface area contributed by atoms with Crippen LogP contribution in [0.3, 0.4) is 0 Å². The van der Waals surface area contributed by atoms with Gasteiger partial charge in [0.2, 0.25) is 0 Å². The SMILES string of the molecule is CN1NC(c2ccc(OC/C(=C/F)CN)cc2)=NC1C1(F)CC1. The van der Waals surface area contributed by atoms with Gasteiger partial charge in [0, 0.05) is 24.7 Å². The molecule has 1 heterocycles. The molecule has 5 nitrogen and oxygen atoms in total. The molecule has 1 aromatic carbocycles. The molecule has 1 aromatic rings. The molecular weight excluding hydrogens is 302 g/mol. The Morgan fingerprint density at radius 2 is 2.17 bits per heavy atom. The Bertz CT molecular complexity index is 625. The lowest BCUT2D eigenvalue weighted by Crippen LogP contribution is -2.42. The molecule has 0 bridgehead atoms. The predicted molar refractivity (Wildman–Crippen MR) is 84.5 cm³/mol. The molecule has 124 valence electrons. The Morgan fingerprint density at radius 1 is 1.48 bits per heavy atom. The first-order valence-electron chi connectivity index (χ1n) is 7.53. The van der Waals surface area contributed by atoms with Crippen LogP contribution in [0.1, 0.15) is 18.4 Å². The van der Waals surface area contributed by atoms with E-state index < -0.39 is 11.8 Å². The van der Waals surface area contributed by atoms with Gasteiger partial charge in [-0.1, -0.05) is 0 Å². The standard InChI is InChI=1S/C16H20F2N4O/c1-22-15(16(18)6-7-16)20-14(21-22)12-2-4-13(5-3-12)23-10-11(8-17)9-19/h2-5,8,15H,6-7,9-10,19H2,1H3,(H,20,21)/b11-8+. The third-order valence-electron chi connectivity index (χ3n) is 4.06. The van der Waals surface area contributed by atoms with Crippen LogP contribution in [0.2, 0.25) is 0 Å². The largest absolute Gasteiger partial charge is 0.489 e. The smallest absolute Gasteiger partial charge is 0.155 e. The van der Waals surface area contributed by atoms with Crippen LogP contribution in [0.15, 0.2) is 41.2 Å². The number of rotatable bonds is 6. The summed E-state index contributed by atoms with van der Waals surface area (Å²) in [6.45, 7) is 0.231. The van der Waals surface area contributed by atoms with Gasteiger partial charge >= 0.3 is 0 Å². The summed E-state index contributed by atoms with van der Waals surface area (Å²) >= 11 is 0. The van der Waals surface area contributed by atoms with E-state index in [1.54, 1.807) is 24.2 Å². The molecule has 0 aromatic heterocycles. The molecule has 2 aliphatic rings. The van der Waals surface area contributed by atoms with Gasteiger partial charge in [0.15, 0.2) is 6.17 Å². The lowest BCUT2D eigenvalue weighted by molar-refractivity contribution is 0.120. The fraction of sp³-hybridized carbons (Fsp3) is 0.438. The fourth-order valence-corrected chi connectivity index (χ4v) is 2.47. The molecule has 1 aliphatic heterocycles. The first-order chi connectivity index (χ1) is 11.1. The molecular formula is C16H20F2N4O. The van der Waals surface area contributed by atoms with Crippen molar-refractivity contribution < 1.29 is 13.5 Å². The van der Waals surface area contributed by atoms with E-state index in [1.807, 2.05) is 12.1 Å². The Balaban J connectivity index is 1.66. The lowest BCUT2D eigenvalue weighted by atomic mass is 10.2. The van der Waals surface area contributed by atoms with Crippen LogP contribution in [-0.4, -0.2) is 42.9 Å².